The largest absolute Gasteiger partial charge is 0.396 e. The predicted octanol–water partition coefficient (Wildman–Crippen LogP) is 4.90. The molecule has 28 heavy (non-hydrogen) atoms. The highest BCUT2D eigenvalue weighted by Gasteiger charge is 2.50. The molecule has 0 amide bonds. The van der Waals surface area contributed by atoms with Gasteiger partial charge in [0.2, 0.25) is 0 Å². The quantitative estimate of drug-likeness (QED) is 0.557. The molecular weight excluding hydrogens is 346 g/mol. The fourth-order valence-electron chi connectivity index (χ4n) is 6.05. The van der Waals surface area contributed by atoms with E-state index in [1.165, 1.54) is 36.8 Å². The Kier molecular flexibility index (Phi) is 6.69. The number of fused-ring (bicyclic) bond motifs is 1. The average molecular weight is 386 g/mol. The van der Waals surface area contributed by atoms with Crippen molar-refractivity contribution in [2.45, 2.75) is 77.9 Å². The van der Waals surface area contributed by atoms with Gasteiger partial charge in [-0.05, 0) is 91.7 Å². The van der Waals surface area contributed by atoms with E-state index in [-0.39, 0.29) is 6.61 Å². The Labute approximate surface area is 171 Å². The highest BCUT2D eigenvalue weighted by molar-refractivity contribution is 5.69. The van der Waals surface area contributed by atoms with Crippen LogP contribution in [0.5, 0.6) is 0 Å². The molecule has 2 unspecified atom stereocenters. The first-order chi connectivity index (χ1) is 13.2. The molecule has 2 aliphatic rings. The maximum absolute atomic E-state index is 9.80. The first-order valence-corrected chi connectivity index (χ1v) is 11.2. The van der Waals surface area contributed by atoms with Crippen LogP contribution in [0.15, 0.2) is 30.3 Å². The monoisotopic (exact) mass is 385 g/mol. The molecule has 0 bridgehead atoms. The normalized spacial score (nSPS) is 30.4. The third-order valence-electron chi connectivity index (χ3n) is 7.55. The van der Waals surface area contributed by atoms with Crippen molar-refractivity contribution in [3.8, 4) is 0 Å². The van der Waals surface area contributed by atoms with Gasteiger partial charge in [0.1, 0.15) is 5.72 Å². The summed E-state index contributed by atoms with van der Waals surface area (Å²) in [6.45, 7) is 6.85. The van der Waals surface area contributed by atoms with Crippen LogP contribution in [0.1, 0.15) is 76.8 Å². The van der Waals surface area contributed by atoms with Crippen LogP contribution in [0.2, 0.25) is 0 Å². The SMILES string of the molecule is C[C@H](CCCC(C)(N)O)C1CC[C@H]2C(c3ccc(CCO)cc3)=CCC[C@]12C. The lowest BCUT2D eigenvalue weighted by molar-refractivity contribution is 0.0502. The van der Waals surface area contributed by atoms with Gasteiger partial charge in [-0.15, -0.1) is 0 Å². The van der Waals surface area contributed by atoms with Crippen LogP contribution in [-0.2, 0) is 6.42 Å². The molecular formula is C25H39NO2. The summed E-state index contributed by atoms with van der Waals surface area (Å²) in [5.41, 5.74) is 9.21. The average Bonchev–Trinajstić information content (AvgIpc) is 2.98. The molecule has 1 fully saturated rings. The van der Waals surface area contributed by atoms with Gasteiger partial charge in [0, 0.05) is 6.61 Å². The number of allylic oxidation sites excluding steroid dienone is 2. The highest BCUT2D eigenvalue weighted by Crippen LogP contribution is 2.60. The smallest absolute Gasteiger partial charge is 0.110 e. The standard InChI is InChI=1S/C25H39NO2/c1-18(6-4-16-25(3,26)28)22-12-13-23-21(7-5-15-24(22,23)2)20-10-8-19(9-11-20)14-17-27/h7-11,18,22-23,27-28H,4-6,12-17,26H2,1-3H3/t18-,22?,23+,24-,25?/m1/s1. The molecule has 1 saturated carbocycles. The summed E-state index contributed by atoms with van der Waals surface area (Å²) < 4.78 is 0. The number of hydrogen-bond acceptors (Lipinski definition) is 3. The van der Waals surface area contributed by atoms with E-state index >= 15 is 0 Å². The minimum atomic E-state index is -1.04. The number of hydrogen-bond donors (Lipinski definition) is 3. The summed E-state index contributed by atoms with van der Waals surface area (Å²) in [4.78, 5) is 0. The number of benzene rings is 1. The Morgan fingerprint density at radius 2 is 1.96 bits per heavy atom. The second-order valence-electron chi connectivity index (χ2n) is 9.84. The van der Waals surface area contributed by atoms with Crippen molar-refractivity contribution in [2.24, 2.45) is 28.9 Å². The van der Waals surface area contributed by atoms with Crippen molar-refractivity contribution < 1.29 is 10.2 Å². The molecule has 0 saturated heterocycles. The summed E-state index contributed by atoms with van der Waals surface area (Å²) in [7, 11) is 0. The Hall–Kier alpha value is -1.16. The lowest BCUT2D eigenvalue weighted by atomic mass is 9.61. The lowest BCUT2D eigenvalue weighted by Gasteiger charge is -2.43. The Morgan fingerprint density at radius 1 is 1.25 bits per heavy atom. The lowest BCUT2D eigenvalue weighted by Crippen LogP contribution is -2.36. The summed E-state index contributed by atoms with van der Waals surface area (Å²) in [5, 5.41) is 19.0. The van der Waals surface area contributed by atoms with E-state index in [0.29, 0.717) is 23.7 Å². The first-order valence-electron chi connectivity index (χ1n) is 11.2. The Morgan fingerprint density at radius 3 is 2.61 bits per heavy atom. The van der Waals surface area contributed by atoms with Gasteiger partial charge in [-0.2, -0.15) is 0 Å². The number of aliphatic hydroxyl groups excluding tert-OH is 1. The van der Waals surface area contributed by atoms with E-state index < -0.39 is 5.72 Å². The van der Waals surface area contributed by atoms with E-state index in [2.05, 4.69) is 44.2 Å². The van der Waals surface area contributed by atoms with Crippen molar-refractivity contribution in [1.82, 2.24) is 0 Å². The van der Waals surface area contributed by atoms with E-state index in [4.69, 9.17) is 10.8 Å². The summed E-state index contributed by atoms with van der Waals surface area (Å²) in [5.74, 6) is 2.07. The maximum Gasteiger partial charge on any atom is 0.110 e. The molecule has 1 aromatic carbocycles. The highest BCUT2D eigenvalue weighted by atomic mass is 16.3. The molecule has 156 valence electrons. The fraction of sp³-hybridized carbons (Fsp3) is 0.680. The van der Waals surface area contributed by atoms with Crippen molar-refractivity contribution in [2.75, 3.05) is 6.61 Å². The zero-order chi connectivity index (χ0) is 20.4. The van der Waals surface area contributed by atoms with Crippen molar-refractivity contribution >= 4 is 5.57 Å². The molecule has 0 spiro atoms. The van der Waals surface area contributed by atoms with Crippen LogP contribution < -0.4 is 5.73 Å². The zero-order valence-corrected chi connectivity index (χ0v) is 18.0. The van der Waals surface area contributed by atoms with Gasteiger partial charge in [-0.25, -0.2) is 0 Å². The molecule has 0 radical (unpaired) electrons. The molecule has 0 heterocycles. The minimum absolute atomic E-state index is 0.210. The van der Waals surface area contributed by atoms with E-state index in [0.717, 1.165) is 25.2 Å². The molecule has 5 atom stereocenters. The summed E-state index contributed by atoms with van der Waals surface area (Å²) >= 11 is 0. The van der Waals surface area contributed by atoms with Gasteiger partial charge in [0.25, 0.3) is 0 Å². The second-order valence-corrected chi connectivity index (χ2v) is 9.84. The van der Waals surface area contributed by atoms with Gasteiger partial charge in [-0.3, -0.25) is 0 Å². The van der Waals surface area contributed by atoms with E-state index in [1.807, 2.05) is 0 Å². The van der Waals surface area contributed by atoms with Crippen LogP contribution in [0, 0.1) is 23.2 Å². The number of nitrogens with two attached hydrogens (primary N) is 1. The molecule has 4 N–H and O–H groups in total. The zero-order valence-electron chi connectivity index (χ0n) is 18.0. The predicted molar refractivity (Wildman–Crippen MR) is 117 cm³/mol. The molecule has 3 rings (SSSR count). The Bertz CT molecular complexity index is 673. The van der Waals surface area contributed by atoms with Crippen LogP contribution in [0.3, 0.4) is 0 Å². The van der Waals surface area contributed by atoms with Crippen LogP contribution in [0.25, 0.3) is 5.57 Å². The first kappa shape index (κ1) is 21.5. The Balaban J connectivity index is 1.70. The van der Waals surface area contributed by atoms with Gasteiger partial charge in [-0.1, -0.05) is 50.6 Å². The van der Waals surface area contributed by atoms with Crippen molar-refractivity contribution in [3.63, 3.8) is 0 Å². The fourth-order valence-corrected chi connectivity index (χ4v) is 6.05. The van der Waals surface area contributed by atoms with Crippen LogP contribution >= 0.6 is 0 Å². The molecule has 0 aliphatic heterocycles. The van der Waals surface area contributed by atoms with Gasteiger partial charge < -0.3 is 15.9 Å². The van der Waals surface area contributed by atoms with Gasteiger partial charge in [0.15, 0.2) is 0 Å². The topological polar surface area (TPSA) is 66.5 Å². The summed E-state index contributed by atoms with van der Waals surface area (Å²) in [6.07, 6.45) is 11.1. The molecule has 3 heteroatoms. The number of rotatable bonds is 8. The maximum atomic E-state index is 9.80. The molecule has 2 aliphatic carbocycles. The number of aliphatic hydroxyl groups is 2. The minimum Gasteiger partial charge on any atom is -0.396 e. The molecule has 3 nitrogen and oxygen atoms in total. The second kappa shape index (κ2) is 8.69. The molecule has 1 aromatic rings. The third-order valence-corrected chi connectivity index (χ3v) is 7.55. The third kappa shape index (κ3) is 4.69. The van der Waals surface area contributed by atoms with Crippen LogP contribution in [0.4, 0.5) is 0 Å². The van der Waals surface area contributed by atoms with E-state index in [9.17, 15) is 5.11 Å². The van der Waals surface area contributed by atoms with Crippen molar-refractivity contribution in [1.29, 1.82) is 0 Å². The summed E-state index contributed by atoms with van der Waals surface area (Å²) in [6, 6.07) is 8.85. The molecule has 0 aromatic heterocycles. The van der Waals surface area contributed by atoms with Crippen molar-refractivity contribution in [3.05, 3.63) is 41.5 Å². The van der Waals surface area contributed by atoms with E-state index in [1.54, 1.807) is 12.5 Å². The van der Waals surface area contributed by atoms with Gasteiger partial charge in [0.05, 0.1) is 0 Å². The van der Waals surface area contributed by atoms with Crippen LogP contribution in [-0.4, -0.2) is 22.5 Å². The van der Waals surface area contributed by atoms with Gasteiger partial charge >= 0.3 is 0 Å².